The highest BCUT2D eigenvalue weighted by Gasteiger charge is 2.50. The average Bonchev–Trinajstić information content (AvgIpc) is 3.98. The van der Waals surface area contributed by atoms with E-state index in [1.54, 1.807) is 0 Å². The van der Waals surface area contributed by atoms with Crippen LogP contribution < -0.4 is 15.8 Å². The zero-order valence-electron chi connectivity index (χ0n) is 35.7. The summed E-state index contributed by atoms with van der Waals surface area (Å²) in [6, 6.07) is 47.4. The fourth-order valence-electron chi connectivity index (χ4n) is 12.7. The van der Waals surface area contributed by atoms with Crippen LogP contribution >= 0.6 is 22.7 Å². The quantitative estimate of drug-likeness (QED) is 0.150. The molecule has 0 radical (unpaired) electrons. The lowest BCUT2D eigenvalue weighted by molar-refractivity contribution is 0.332. The molecule has 7 aromatic carbocycles. The molecule has 0 spiro atoms. The third kappa shape index (κ3) is 4.16. The first-order valence-corrected chi connectivity index (χ1v) is 23.7. The molecule has 0 fully saturated rings. The van der Waals surface area contributed by atoms with Crippen LogP contribution in [0.1, 0.15) is 82.2 Å². The average molecular weight is 821 g/mol. The Morgan fingerprint density at radius 3 is 2.02 bits per heavy atom. The number of hydrogen-bond donors (Lipinski definition) is 0. The van der Waals surface area contributed by atoms with Crippen molar-refractivity contribution in [2.45, 2.75) is 77.6 Å². The first-order chi connectivity index (χ1) is 29.4. The van der Waals surface area contributed by atoms with E-state index < -0.39 is 0 Å². The SMILES string of the molecule is Cc1cc2c(cc1N1c3ccc4c(c3B3c5c1cc1c(sc6ccccc61)c5-c1cccc5c6c7ccccc7sc6n3c15)C(C)(C)c1ccccc1-4)C(C)(C)CCC2(C)C. The molecule has 61 heavy (non-hydrogen) atoms. The van der Waals surface area contributed by atoms with E-state index in [0.29, 0.717) is 0 Å². The molecule has 0 unspecified atom stereocenters. The van der Waals surface area contributed by atoms with Gasteiger partial charge in [0.05, 0.1) is 4.83 Å². The van der Waals surface area contributed by atoms with Crippen molar-refractivity contribution in [3.8, 4) is 22.3 Å². The van der Waals surface area contributed by atoms with Crippen LogP contribution in [0.15, 0.2) is 121 Å². The Labute approximate surface area is 365 Å². The van der Waals surface area contributed by atoms with E-state index in [-0.39, 0.29) is 23.1 Å². The topological polar surface area (TPSA) is 8.17 Å². The first kappa shape index (κ1) is 35.0. The van der Waals surface area contributed by atoms with Gasteiger partial charge in [-0.1, -0.05) is 133 Å². The predicted molar refractivity (Wildman–Crippen MR) is 266 cm³/mol. The molecule has 0 saturated carbocycles. The van der Waals surface area contributed by atoms with Gasteiger partial charge in [0.1, 0.15) is 0 Å². The van der Waals surface area contributed by atoms with Gasteiger partial charge in [0.25, 0.3) is 0 Å². The number of fused-ring (bicyclic) bond motifs is 18. The fraction of sp³-hybridized carbons (Fsp3) is 0.214. The second-order valence-electron chi connectivity index (χ2n) is 20.3. The van der Waals surface area contributed by atoms with Gasteiger partial charge in [0.15, 0.2) is 0 Å². The van der Waals surface area contributed by atoms with Crippen molar-refractivity contribution in [2.24, 2.45) is 0 Å². The minimum atomic E-state index is -0.207. The summed E-state index contributed by atoms with van der Waals surface area (Å²) in [5.41, 5.74) is 21.0. The lowest BCUT2D eigenvalue weighted by Gasteiger charge is -2.45. The molecule has 294 valence electrons. The van der Waals surface area contributed by atoms with Crippen molar-refractivity contribution in [1.82, 2.24) is 4.48 Å². The molecule has 2 aliphatic carbocycles. The van der Waals surface area contributed by atoms with Gasteiger partial charge >= 0.3 is 6.85 Å². The summed E-state index contributed by atoms with van der Waals surface area (Å²) in [5.74, 6) is 0. The van der Waals surface area contributed by atoms with E-state index >= 15 is 0 Å². The van der Waals surface area contributed by atoms with Crippen LogP contribution in [0, 0.1) is 6.92 Å². The van der Waals surface area contributed by atoms with E-state index in [9.17, 15) is 0 Å². The molecule has 3 aromatic heterocycles. The van der Waals surface area contributed by atoms with E-state index in [4.69, 9.17) is 0 Å². The van der Waals surface area contributed by atoms with Crippen LogP contribution in [0.4, 0.5) is 17.1 Å². The summed E-state index contributed by atoms with van der Waals surface area (Å²) in [6.45, 7) is 17.2. The fourth-order valence-corrected chi connectivity index (χ4v) is 15.2. The van der Waals surface area contributed by atoms with Crippen LogP contribution in [0.2, 0.25) is 0 Å². The Morgan fingerprint density at radius 1 is 0.541 bits per heavy atom. The summed E-state index contributed by atoms with van der Waals surface area (Å²) in [6.07, 6.45) is 2.39. The van der Waals surface area contributed by atoms with Crippen molar-refractivity contribution < 1.29 is 0 Å². The summed E-state index contributed by atoms with van der Waals surface area (Å²) in [4.78, 5) is 4.11. The molecule has 2 aliphatic heterocycles. The van der Waals surface area contributed by atoms with Crippen LogP contribution in [0.5, 0.6) is 0 Å². The number of para-hydroxylation sites is 1. The van der Waals surface area contributed by atoms with E-state index in [2.05, 4.69) is 179 Å². The molecule has 0 saturated heterocycles. The molecule has 4 aliphatic rings. The van der Waals surface area contributed by atoms with Gasteiger partial charge < -0.3 is 9.38 Å². The van der Waals surface area contributed by atoms with Crippen molar-refractivity contribution in [3.63, 3.8) is 0 Å². The highest BCUT2D eigenvalue weighted by molar-refractivity contribution is 7.27. The highest BCUT2D eigenvalue weighted by atomic mass is 32.1. The Bertz CT molecular complexity index is 3660. The zero-order valence-corrected chi connectivity index (χ0v) is 37.4. The third-order valence-electron chi connectivity index (χ3n) is 15.7. The molecular formula is C56H45BN2S2. The molecular weight excluding hydrogens is 776 g/mol. The van der Waals surface area contributed by atoms with Crippen LogP contribution in [0.3, 0.4) is 0 Å². The Balaban J connectivity index is 1.21. The number of nitrogens with zero attached hydrogens (tertiary/aromatic N) is 2. The van der Waals surface area contributed by atoms with E-state index in [1.165, 1.54) is 142 Å². The van der Waals surface area contributed by atoms with E-state index in [0.717, 1.165) is 0 Å². The normalized spacial score (nSPS) is 17.3. The first-order valence-electron chi connectivity index (χ1n) is 22.1. The maximum Gasteiger partial charge on any atom is 0.334 e. The molecule has 0 N–H and O–H groups in total. The number of benzene rings is 7. The van der Waals surface area contributed by atoms with Gasteiger partial charge in [-0.15, -0.1) is 22.7 Å². The van der Waals surface area contributed by atoms with Crippen molar-refractivity contribution in [3.05, 3.63) is 149 Å². The molecule has 0 atom stereocenters. The number of rotatable bonds is 1. The van der Waals surface area contributed by atoms with E-state index in [1.807, 2.05) is 22.7 Å². The summed E-state index contributed by atoms with van der Waals surface area (Å²) in [5, 5.41) is 6.83. The van der Waals surface area contributed by atoms with Gasteiger partial charge in [-0.2, -0.15) is 0 Å². The van der Waals surface area contributed by atoms with Gasteiger partial charge in [-0.3, -0.25) is 0 Å². The zero-order chi connectivity index (χ0) is 41.1. The maximum absolute atomic E-state index is 2.82. The smallest absolute Gasteiger partial charge is 0.334 e. The molecule has 5 heteroatoms. The lowest BCUT2D eigenvalue weighted by Crippen LogP contribution is -2.58. The predicted octanol–water partition coefficient (Wildman–Crippen LogP) is 14.8. The van der Waals surface area contributed by atoms with Crippen molar-refractivity contribution in [1.29, 1.82) is 0 Å². The maximum atomic E-state index is 2.82. The molecule has 0 amide bonds. The van der Waals surface area contributed by atoms with Gasteiger partial charge in [0, 0.05) is 80.2 Å². The van der Waals surface area contributed by atoms with Gasteiger partial charge in [-0.05, 0) is 111 Å². The minimum Gasteiger partial charge on any atom is -0.367 e. The largest absolute Gasteiger partial charge is 0.367 e. The monoisotopic (exact) mass is 820 g/mol. The van der Waals surface area contributed by atoms with Crippen molar-refractivity contribution in [2.75, 3.05) is 4.90 Å². The Morgan fingerprint density at radius 2 is 1.21 bits per heavy atom. The number of aryl methyl sites for hydroxylation is 1. The minimum absolute atomic E-state index is 0.0225. The number of hydrogen-bond acceptors (Lipinski definition) is 3. The number of aromatic nitrogens is 1. The number of thiophene rings is 2. The van der Waals surface area contributed by atoms with Gasteiger partial charge in [-0.25, -0.2) is 0 Å². The highest BCUT2D eigenvalue weighted by Crippen LogP contribution is 2.57. The molecule has 2 nitrogen and oxygen atoms in total. The molecule has 14 rings (SSSR count). The van der Waals surface area contributed by atoms with Crippen molar-refractivity contribution >= 4 is 109 Å². The summed E-state index contributed by atoms with van der Waals surface area (Å²) >= 11 is 3.96. The second kappa shape index (κ2) is 11.2. The van der Waals surface area contributed by atoms with Crippen LogP contribution in [0.25, 0.3) is 73.6 Å². The Kier molecular flexibility index (Phi) is 6.46. The van der Waals surface area contributed by atoms with Crippen LogP contribution in [-0.4, -0.2) is 11.3 Å². The summed E-state index contributed by atoms with van der Waals surface area (Å²) < 4.78 is 6.93. The Hall–Kier alpha value is -5.62. The molecule has 0 bridgehead atoms. The molecule has 10 aromatic rings. The lowest BCUT2D eigenvalue weighted by atomic mass is 9.43. The van der Waals surface area contributed by atoms with Gasteiger partial charge in [0.2, 0.25) is 0 Å². The summed E-state index contributed by atoms with van der Waals surface area (Å²) in [7, 11) is 0. The third-order valence-corrected chi connectivity index (χ3v) is 18.1. The second-order valence-corrected chi connectivity index (χ2v) is 22.4. The standard InChI is InChI=1S/C56H45BN2S2/c1-30-27-39-40(55(4,5)26-25-54(39,2)3)29-42(30)58-41-24-23-33-31-15-8-11-20-38(31)56(6,7)48(33)50(41)57-49-43(58)28-37-32-16-9-12-21-44(32)60-52(37)47(49)36-19-14-18-35-46-34-17-10-13-22-45(34)61-53(46)59(57)51(35)36/h8-24,27-29H,25-26H2,1-7H3. The molecule has 5 heterocycles. The number of anilines is 3. The van der Waals surface area contributed by atoms with Crippen LogP contribution in [-0.2, 0) is 16.2 Å².